The molecular formula is C19H25N3O3. The van der Waals surface area contributed by atoms with Gasteiger partial charge in [0.25, 0.3) is 0 Å². The normalized spacial score (nSPS) is 22.8. The molecule has 1 fully saturated rings. The van der Waals surface area contributed by atoms with Gasteiger partial charge in [0.15, 0.2) is 11.5 Å². The molecule has 134 valence electrons. The molecule has 0 amide bonds. The van der Waals surface area contributed by atoms with Crippen LogP contribution in [0.1, 0.15) is 30.3 Å². The third kappa shape index (κ3) is 3.50. The van der Waals surface area contributed by atoms with E-state index in [2.05, 4.69) is 16.4 Å². The lowest BCUT2D eigenvalue weighted by molar-refractivity contribution is 0.0810. The highest BCUT2D eigenvalue weighted by Crippen LogP contribution is 2.34. The molecule has 1 aromatic carbocycles. The van der Waals surface area contributed by atoms with Gasteiger partial charge in [-0.15, -0.1) is 0 Å². The van der Waals surface area contributed by atoms with Crippen molar-refractivity contribution in [2.45, 2.75) is 25.5 Å². The number of rotatable bonds is 5. The van der Waals surface area contributed by atoms with Crippen molar-refractivity contribution in [3.63, 3.8) is 0 Å². The predicted octanol–water partition coefficient (Wildman–Crippen LogP) is 2.45. The number of ether oxygens (including phenoxy) is 3. The van der Waals surface area contributed by atoms with Gasteiger partial charge in [-0.2, -0.15) is 0 Å². The number of hydrogen-bond donors (Lipinski definition) is 1. The van der Waals surface area contributed by atoms with Crippen molar-refractivity contribution in [3.8, 4) is 11.5 Å². The molecule has 0 bridgehead atoms. The summed E-state index contributed by atoms with van der Waals surface area (Å²) in [5.41, 5.74) is 1.15. The lowest BCUT2D eigenvalue weighted by Gasteiger charge is -2.19. The number of benzene rings is 1. The molecule has 2 aromatic rings. The molecule has 0 aliphatic carbocycles. The van der Waals surface area contributed by atoms with Crippen LogP contribution in [0.2, 0.25) is 0 Å². The van der Waals surface area contributed by atoms with Gasteiger partial charge in [-0.05, 0) is 12.5 Å². The number of hydrogen-bond acceptors (Lipinski definition) is 5. The van der Waals surface area contributed by atoms with E-state index in [9.17, 15) is 0 Å². The fraction of sp³-hybridized carbons (Fsp3) is 0.526. The Morgan fingerprint density at radius 3 is 3.04 bits per heavy atom. The first-order chi connectivity index (χ1) is 12.3. The van der Waals surface area contributed by atoms with Crippen molar-refractivity contribution >= 4 is 0 Å². The summed E-state index contributed by atoms with van der Waals surface area (Å²) >= 11 is 0. The van der Waals surface area contributed by atoms with Crippen molar-refractivity contribution in [2.75, 3.05) is 26.4 Å². The van der Waals surface area contributed by atoms with E-state index in [-0.39, 0.29) is 6.10 Å². The Labute approximate surface area is 148 Å². The number of para-hydroxylation sites is 1. The third-order valence-electron chi connectivity index (χ3n) is 4.90. The highest BCUT2D eigenvalue weighted by molar-refractivity contribution is 5.47. The number of imidazole rings is 1. The standard InChI is InChI=1S/C19H25N3O3/c1-22-8-7-21-19(22)18-15(6-11-25-18)13-20-12-14-4-2-5-16-17(14)24-10-3-9-23-16/h2,4-5,7-8,15,18,20H,3,6,9-13H2,1H3/t15-,18+/m0/s1. The minimum Gasteiger partial charge on any atom is -0.490 e. The molecular weight excluding hydrogens is 318 g/mol. The lowest BCUT2D eigenvalue weighted by Crippen LogP contribution is -2.26. The largest absolute Gasteiger partial charge is 0.490 e. The molecule has 6 nitrogen and oxygen atoms in total. The quantitative estimate of drug-likeness (QED) is 0.904. The molecule has 6 heteroatoms. The highest BCUT2D eigenvalue weighted by atomic mass is 16.5. The Morgan fingerprint density at radius 1 is 1.24 bits per heavy atom. The Kier molecular flexibility index (Phi) is 4.90. The molecule has 4 rings (SSSR count). The minimum absolute atomic E-state index is 0.0694. The van der Waals surface area contributed by atoms with Gasteiger partial charge in [-0.3, -0.25) is 0 Å². The van der Waals surface area contributed by atoms with E-state index in [0.717, 1.165) is 55.4 Å². The zero-order chi connectivity index (χ0) is 17.1. The molecule has 0 radical (unpaired) electrons. The van der Waals surface area contributed by atoms with Gasteiger partial charge < -0.3 is 24.1 Å². The smallest absolute Gasteiger partial charge is 0.165 e. The second kappa shape index (κ2) is 7.45. The van der Waals surface area contributed by atoms with E-state index >= 15 is 0 Å². The summed E-state index contributed by atoms with van der Waals surface area (Å²) in [5, 5.41) is 3.57. The van der Waals surface area contributed by atoms with Crippen LogP contribution < -0.4 is 14.8 Å². The maximum absolute atomic E-state index is 5.93. The van der Waals surface area contributed by atoms with E-state index in [1.165, 1.54) is 0 Å². The van der Waals surface area contributed by atoms with Gasteiger partial charge in [0, 0.05) is 57.0 Å². The summed E-state index contributed by atoms with van der Waals surface area (Å²) in [5.74, 6) is 3.18. The van der Waals surface area contributed by atoms with Crippen LogP contribution in [-0.2, 0) is 18.3 Å². The average Bonchev–Trinajstić information content (AvgIpc) is 3.17. The van der Waals surface area contributed by atoms with Crippen molar-refractivity contribution in [2.24, 2.45) is 13.0 Å². The summed E-state index contributed by atoms with van der Waals surface area (Å²) in [4.78, 5) is 4.46. The van der Waals surface area contributed by atoms with Gasteiger partial charge in [0.05, 0.1) is 13.2 Å². The van der Waals surface area contributed by atoms with Crippen LogP contribution in [0.4, 0.5) is 0 Å². The zero-order valence-corrected chi connectivity index (χ0v) is 14.6. The van der Waals surface area contributed by atoms with Crippen LogP contribution in [0.15, 0.2) is 30.6 Å². The van der Waals surface area contributed by atoms with Crippen molar-refractivity contribution in [1.82, 2.24) is 14.9 Å². The topological polar surface area (TPSA) is 57.5 Å². The molecule has 3 heterocycles. The molecule has 1 saturated heterocycles. The van der Waals surface area contributed by atoms with E-state index in [1.807, 2.05) is 36.1 Å². The lowest BCUT2D eigenvalue weighted by atomic mass is 10.0. The average molecular weight is 343 g/mol. The summed E-state index contributed by atoms with van der Waals surface area (Å²) in [6.45, 7) is 3.87. The Bertz CT molecular complexity index is 716. The summed E-state index contributed by atoms with van der Waals surface area (Å²) in [6, 6.07) is 6.11. The van der Waals surface area contributed by atoms with Crippen LogP contribution in [-0.4, -0.2) is 35.9 Å². The van der Waals surface area contributed by atoms with Gasteiger partial charge >= 0.3 is 0 Å². The molecule has 2 aliphatic rings. The van der Waals surface area contributed by atoms with Crippen LogP contribution >= 0.6 is 0 Å². The molecule has 2 aliphatic heterocycles. The molecule has 0 unspecified atom stereocenters. The summed E-state index contributed by atoms with van der Waals surface area (Å²) in [7, 11) is 2.02. The van der Waals surface area contributed by atoms with Crippen LogP contribution in [0.25, 0.3) is 0 Å². The van der Waals surface area contributed by atoms with Crippen LogP contribution in [0, 0.1) is 5.92 Å². The molecule has 0 saturated carbocycles. The highest BCUT2D eigenvalue weighted by Gasteiger charge is 2.32. The van der Waals surface area contributed by atoms with E-state index in [4.69, 9.17) is 14.2 Å². The van der Waals surface area contributed by atoms with Gasteiger partial charge in [0.2, 0.25) is 0 Å². The van der Waals surface area contributed by atoms with E-state index in [0.29, 0.717) is 19.1 Å². The maximum Gasteiger partial charge on any atom is 0.165 e. The summed E-state index contributed by atoms with van der Waals surface area (Å²) < 4.78 is 19.6. The van der Waals surface area contributed by atoms with E-state index < -0.39 is 0 Å². The van der Waals surface area contributed by atoms with Crippen LogP contribution in [0.5, 0.6) is 11.5 Å². The van der Waals surface area contributed by atoms with Gasteiger partial charge in [0.1, 0.15) is 11.9 Å². The minimum atomic E-state index is 0.0694. The Morgan fingerprint density at radius 2 is 2.16 bits per heavy atom. The van der Waals surface area contributed by atoms with Crippen LogP contribution in [0.3, 0.4) is 0 Å². The van der Waals surface area contributed by atoms with Gasteiger partial charge in [-0.25, -0.2) is 4.98 Å². The molecule has 1 aromatic heterocycles. The van der Waals surface area contributed by atoms with Gasteiger partial charge in [-0.1, -0.05) is 12.1 Å². The fourth-order valence-electron chi connectivity index (χ4n) is 3.57. The number of nitrogens with one attached hydrogen (secondary N) is 1. The maximum atomic E-state index is 5.93. The number of fused-ring (bicyclic) bond motifs is 1. The third-order valence-corrected chi connectivity index (χ3v) is 4.90. The SMILES string of the molecule is Cn1ccnc1[C@@H]1OCC[C@H]1CNCc1cccc2c1OCCCO2. The Hall–Kier alpha value is -2.05. The predicted molar refractivity (Wildman–Crippen MR) is 93.8 cm³/mol. The molecule has 25 heavy (non-hydrogen) atoms. The second-order valence-corrected chi connectivity index (χ2v) is 6.66. The Balaban J connectivity index is 1.39. The molecule has 0 spiro atoms. The second-order valence-electron chi connectivity index (χ2n) is 6.66. The molecule has 2 atom stereocenters. The van der Waals surface area contributed by atoms with Crippen molar-refractivity contribution < 1.29 is 14.2 Å². The zero-order valence-electron chi connectivity index (χ0n) is 14.6. The fourth-order valence-corrected chi connectivity index (χ4v) is 3.57. The summed E-state index contributed by atoms with van der Waals surface area (Å²) in [6.07, 6.45) is 5.85. The number of nitrogens with zero attached hydrogens (tertiary/aromatic N) is 2. The van der Waals surface area contributed by atoms with Crippen molar-refractivity contribution in [3.05, 3.63) is 42.0 Å². The first-order valence-electron chi connectivity index (χ1n) is 9.00. The first kappa shape index (κ1) is 16.4. The first-order valence-corrected chi connectivity index (χ1v) is 9.00. The monoisotopic (exact) mass is 343 g/mol. The number of aromatic nitrogens is 2. The van der Waals surface area contributed by atoms with E-state index in [1.54, 1.807) is 0 Å². The molecule has 1 N–H and O–H groups in total. The number of aryl methyl sites for hydroxylation is 1. The van der Waals surface area contributed by atoms with Crippen molar-refractivity contribution in [1.29, 1.82) is 0 Å².